The molecule has 0 saturated carbocycles. The Balaban J connectivity index is 4.07. The number of hydrogen-bond acceptors (Lipinski definition) is 6. The lowest BCUT2D eigenvalue weighted by molar-refractivity contribution is -0.923. The van der Waals surface area contributed by atoms with Gasteiger partial charge in [-0.15, -0.1) is 0 Å². The zero-order valence-corrected chi connectivity index (χ0v) is 14.9. The molecule has 22 heavy (non-hydrogen) atoms. The molecule has 0 aliphatic rings. The minimum Gasteiger partial charge on any atom is -0.756 e. The van der Waals surface area contributed by atoms with Gasteiger partial charge in [-0.3, -0.25) is 4.57 Å². The number of quaternary nitrogens is 1. The Labute approximate surface area is 133 Å². The van der Waals surface area contributed by atoms with Crippen LogP contribution in [-0.4, -0.2) is 56.5 Å². The van der Waals surface area contributed by atoms with Crippen molar-refractivity contribution >= 4 is 13.8 Å². The zero-order chi connectivity index (χ0) is 17.2. The normalized spacial score (nSPS) is 14.4. The maximum atomic E-state index is 11.6. The summed E-state index contributed by atoms with van der Waals surface area (Å²) < 4.78 is 26.6. The number of phosphoric acid groups is 1. The minimum atomic E-state index is -4.37. The molecule has 0 radical (unpaired) electrons. The summed E-state index contributed by atoms with van der Waals surface area (Å²) in [5.74, 6) is -0.582. The highest BCUT2D eigenvalue weighted by Gasteiger charge is 2.21. The fourth-order valence-electron chi connectivity index (χ4n) is 1.94. The van der Waals surface area contributed by atoms with Gasteiger partial charge in [0.05, 0.1) is 26.2 Å². The maximum absolute atomic E-state index is 11.6. The van der Waals surface area contributed by atoms with Crippen molar-refractivity contribution in [2.75, 3.05) is 46.0 Å². The second kappa shape index (κ2) is 10.1. The Bertz CT molecular complexity index is 400. The lowest BCUT2D eigenvalue weighted by Gasteiger charge is -2.36. The molecule has 0 spiro atoms. The third-order valence-corrected chi connectivity index (χ3v) is 4.74. The number of hydrogen-bond donors (Lipinski definition) is 0. The first-order chi connectivity index (χ1) is 10.2. The molecule has 7 nitrogen and oxygen atoms in total. The minimum absolute atomic E-state index is 0.0713. The van der Waals surface area contributed by atoms with E-state index in [2.05, 4.69) is 31.9 Å². The Morgan fingerprint density at radius 3 is 2.05 bits per heavy atom. The quantitative estimate of drug-likeness (QED) is 0.176. The summed E-state index contributed by atoms with van der Waals surface area (Å²) in [5.41, 5.74) is 0.245. The molecule has 0 aromatic carbocycles. The highest BCUT2D eigenvalue weighted by atomic mass is 31.2. The van der Waals surface area contributed by atoms with Gasteiger partial charge >= 0.3 is 5.97 Å². The Morgan fingerprint density at radius 1 is 1.09 bits per heavy atom. The molecule has 0 aliphatic carbocycles. The zero-order valence-electron chi connectivity index (χ0n) is 14.0. The van der Waals surface area contributed by atoms with Crippen LogP contribution >= 0.6 is 7.82 Å². The Morgan fingerprint density at radius 2 is 1.59 bits per heavy atom. The van der Waals surface area contributed by atoms with Crippen LogP contribution in [-0.2, 0) is 23.1 Å². The molecule has 0 aromatic rings. The molecular formula is C14H28NO6P. The molecule has 0 rings (SSSR count). The Kier molecular flexibility index (Phi) is 9.80. The van der Waals surface area contributed by atoms with Crippen molar-refractivity contribution in [1.29, 1.82) is 0 Å². The van der Waals surface area contributed by atoms with Crippen LogP contribution in [0.25, 0.3) is 0 Å². The van der Waals surface area contributed by atoms with Gasteiger partial charge in [0.25, 0.3) is 7.82 Å². The van der Waals surface area contributed by atoms with E-state index >= 15 is 0 Å². The molecule has 0 aliphatic heterocycles. The molecular weight excluding hydrogens is 309 g/mol. The number of phosphoric ester groups is 1. The number of likely N-dealkylation sites (N-methyl/N-ethyl adjacent to an activating group) is 1. The molecule has 1 atom stereocenters. The summed E-state index contributed by atoms with van der Waals surface area (Å²) in [6, 6.07) is 0. The van der Waals surface area contributed by atoms with Crippen LogP contribution in [0.5, 0.6) is 0 Å². The highest BCUT2D eigenvalue weighted by molar-refractivity contribution is 7.45. The van der Waals surface area contributed by atoms with E-state index in [-0.39, 0.29) is 25.4 Å². The van der Waals surface area contributed by atoms with Crippen molar-refractivity contribution in [2.24, 2.45) is 0 Å². The second-order valence-electron chi connectivity index (χ2n) is 5.04. The molecule has 8 heteroatoms. The number of rotatable bonds is 12. The largest absolute Gasteiger partial charge is 0.756 e. The first-order valence-corrected chi connectivity index (χ1v) is 8.95. The van der Waals surface area contributed by atoms with Crippen molar-refractivity contribution in [3.63, 3.8) is 0 Å². The van der Waals surface area contributed by atoms with Crippen LogP contribution in [0.2, 0.25) is 0 Å². The fourth-order valence-corrected chi connectivity index (χ4v) is 2.61. The van der Waals surface area contributed by atoms with Crippen LogP contribution in [0.4, 0.5) is 0 Å². The molecule has 0 aromatic heterocycles. The third-order valence-electron chi connectivity index (χ3n) is 3.74. The van der Waals surface area contributed by atoms with Crippen LogP contribution in [0.15, 0.2) is 12.2 Å². The summed E-state index contributed by atoms with van der Waals surface area (Å²) in [6.45, 7) is 14.1. The lowest BCUT2D eigenvalue weighted by atomic mass is 10.3. The maximum Gasteiger partial charge on any atom is 0.333 e. The van der Waals surface area contributed by atoms with Gasteiger partial charge in [0.15, 0.2) is 0 Å². The summed E-state index contributed by atoms with van der Waals surface area (Å²) in [6.07, 6.45) is 0. The first kappa shape index (κ1) is 21.3. The van der Waals surface area contributed by atoms with Crippen molar-refractivity contribution in [3.05, 3.63) is 12.2 Å². The van der Waals surface area contributed by atoms with E-state index in [1.807, 2.05) is 0 Å². The van der Waals surface area contributed by atoms with E-state index in [0.29, 0.717) is 6.54 Å². The van der Waals surface area contributed by atoms with Crippen molar-refractivity contribution in [2.45, 2.75) is 27.7 Å². The SMILES string of the molecule is C=C(C)C(=O)OCCOP(=O)([O-])OCC[N+](CC)(CC)CC. The van der Waals surface area contributed by atoms with Crippen LogP contribution in [0, 0.1) is 0 Å². The summed E-state index contributed by atoms with van der Waals surface area (Å²) >= 11 is 0. The first-order valence-electron chi connectivity index (χ1n) is 7.49. The van der Waals surface area contributed by atoms with Gasteiger partial charge in [0, 0.05) is 5.57 Å². The predicted molar refractivity (Wildman–Crippen MR) is 82.0 cm³/mol. The van der Waals surface area contributed by atoms with Crippen molar-refractivity contribution in [1.82, 2.24) is 0 Å². The fraction of sp³-hybridized carbons (Fsp3) is 0.786. The van der Waals surface area contributed by atoms with E-state index in [4.69, 9.17) is 9.26 Å². The smallest absolute Gasteiger partial charge is 0.333 e. The molecule has 0 heterocycles. The summed E-state index contributed by atoms with van der Waals surface area (Å²) in [4.78, 5) is 22.7. The van der Waals surface area contributed by atoms with Gasteiger partial charge < -0.3 is 23.2 Å². The van der Waals surface area contributed by atoms with Gasteiger partial charge in [-0.05, 0) is 27.7 Å². The summed E-state index contributed by atoms with van der Waals surface area (Å²) in [5, 5.41) is 0. The highest BCUT2D eigenvalue weighted by Crippen LogP contribution is 2.37. The molecule has 130 valence electrons. The van der Waals surface area contributed by atoms with Gasteiger partial charge in [0.1, 0.15) is 19.8 Å². The van der Waals surface area contributed by atoms with Crippen LogP contribution < -0.4 is 4.89 Å². The average Bonchev–Trinajstić information content (AvgIpc) is 2.48. The molecule has 0 saturated heterocycles. The molecule has 1 unspecified atom stereocenters. The monoisotopic (exact) mass is 337 g/mol. The second-order valence-corrected chi connectivity index (χ2v) is 6.45. The molecule has 0 fully saturated rings. The van der Waals surface area contributed by atoms with Crippen molar-refractivity contribution in [3.8, 4) is 0 Å². The van der Waals surface area contributed by atoms with Gasteiger partial charge in [-0.1, -0.05) is 6.58 Å². The van der Waals surface area contributed by atoms with Crippen LogP contribution in [0.1, 0.15) is 27.7 Å². The molecule has 0 bridgehead atoms. The number of esters is 1. The number of nitrogens with zero attached hydrogens (tertiary/aromatic N) is 1. The van der Waals surface area contributed by atoms with Crippen LogP contribution in [0.3, 0.4) is 0 Å². The molecule has 0 N–H and O–H groups in total. The summed E-state index contributed by atoms with van der Waals surface area (Å²) in [7, 11) is -4.37. The molecule has 0 amide bonds. The van der Waals surface area contributed by atoms with E-state index in [9.17, 15) is 14.3 Å². The van der Waals surface area contributed by atoms with E-state index in [1.54, 1.807) is 0 Å². The topological polar surface area (TPSA) is 84.9 Å². The standard InChI is InChI=1S/C14H28NO6P/c1-6-15(7-2,8-3)9-10-20-22(17,18)21-12-11-19-14(16)13(4)5/h4,6-12H2,1-3,5H3. The van der Waals surface area contributed by atoms with E-state index < -0.39 is 13.8 Å². The van der Waals surface area contributed by atoms with E-state index in [0.717, 1.165) is 24.1 Å². The predicted octanol–water partition coefficient (Wildman–Crippen LogP) is 1.48. The van der Waals surface area contributed by atoms with Gasteiger partial charge in [-0.25, -0.2) is 4.79 Å². The van der Waals surface area contributed by atoms with E-state index in [1.165, 1.54) is 6.92 Å². The van der Waals surface area contributed by atoms with Crippen molar-refractivity contribution < 1.29 is 32.5 Å². The number of carbonyl (C=O) groups is 1. The average molecular weight is 337 g/mol. The Hall–Kier alpha value is -0.720. The third kappa shape index (κ3) is 8.06. The lowest BCUT2D eigenvalue weighted by Crippen LogP contribution is -2.49. The van der Waals surface area contributed by atoms with Gasteiger partial charge in [0.2, 0.25) is 0 Å². The number of carbonyl (C=O) groups excluding carboxylic acids is 1. The van der Waals surface area contributed by atoms with Gasteiger partial charge in [-0.2, -0.15) is 0 Å². The number of ether oxygens (including phenoxy) is 1.